The average Bonchev–Trinajstić information content (AvgIpc) is 2.68. The minimum absolute atomic E-state index is 0.375. The van der Waals surface area contributed by atoms with Crippen LogP contribution >= 0.6 is 0 Å². The molecule has 3 aromatic carbocycles. The van der Waals surface area contributed by atoms with E-state index in [4.69, 9.17) is 4.42 Å². The SMILES string of the molecule is O=C(O)c1cc2c(-c3ccccc3)ccc(-c3ccccc3)c2oc1=O. The van der Waals surface area contributed by atoms with E-state index in [2.05, 4.69) is 0 Å². The molecule has 4 rings (SSSR count). The topological polar surface area (TPSA) is 67.5 Å². The van der Waals surface area contributed by atoms with Gasteiger partial charge in [-0.05, 0) is 28.8 Å². The van der Waals surface area contributed by atoms with Gasteiger partial charge in [-0.1, -0.05) is 66.7 Å². The Labute approximate surface area is 149 Å². The van der Waals surface area contributed by atoms with Crippen LogP contribution in [0.2, 0.25) is 0 Å². The largest absolute Gasteiger partial charge is 0.477 e. The molecule has 4 nitrogen and oxygen atoms in total. The summed E-state index contributed by atoms with van der Waals surface area (Å²) in [5, 5.41) is 9.91. The molecule has 4 heteroatoms. The van der Waals surface area contributed by atoms with Crippen molar-refractivity contribution in [1.82, 2.24) is 0 Å². The fourth-order valence-corrected chi connectivity index (χ4v) is 3.07. The molecule has 0 saturated carbocycles. The second-order valence-electron chi connectivity index (χ2n) is 5.89. The van der Waals surface area contributed by atoms with E-state index in [1.807, 2.05) is 72.8 Å². The molecule has 0 fully saturated rings. The molecule has 4 aromatic rings. The normalized spacial score (nSPS) is 10.8. The zero-order chi connectivity index (χ0) is 18.1. The van der Waals surface area contributed by atoms with E-state index in [-0.39, 0.29) is 5.56 Å². The molecule has 1 N–H and O–H groups in total. The third kappa shape index (κ3) is 2.67. The van der Waals surface area contributed by atoms with E-state index in [0.29, 0.717) is 11.0 Å². The molecule has 1 aromatic heterocycles. The van der Waals surface area contributed by atoms with Gasteiger partial charge in [0.25, 0.3) is 0 Å². The Hall–Kier alpha value is -3.66. The van der Waals surface area contributed by atoms with E-state index in [1.165, 1.54) is 6.07 Å². The van der Waals surface area contributed by atoms with Crippen LogP contribution in [0.4, 0.5) is 0 Å². The highest BCUT2D eigenvalue weighted by atomic mass is 16.4. The number of carboxylic acid groups (broad SMARTS) is 1. The zero-order valence-electron chi connectivity index (χ0n) is 13.7. The van der Waals surface area contributed by atoms with Crippen LogP contribution in [0.3, 0.4) is 0 Å². The zero-order valence-corrected chi connectivity index (χ0v) is 13.7. The highest BCUT2D eigenvalue weighted by molar-refractivity contribution is 6.04. The van der Waals surface area contributed by atoms with Gasteiger partial charge in [0.1, 0.15) is 11.1 Å². The molecular formula is C22H14O4. The number of carboxylic acids is 1. The predicted molar refractivity (Wildman–Crippen MR) is 100 cm³/mol. The molecule has 0 saturated heterocycles. The van der Waals surface area contributed by atoms with Gasteiger partial charge in [-0.2, -0.15) is 0 Å². The number of aromatic carboxylic acids is 1. The van der Waals surface area contributed by atoms with Crippen LogP contribution in [0, 0.1) is 0 Å². The van der Waals surface area contributed by atoms with Crippen molar-refractivity contribution in [2.75, 3.05) is 0 Å². The van der Waals surface area contributed by atoms with Crippen LogP contribution in [0.15, 0.2) is 88.1 Å². The number of hydrogen-bond donors (Lipinski definition) is 1. The number of carbonyl (C=O) groups is 1. The summed E-state index contributed by atoms with van der Waals surface area (Å²) in [6, 6.07) is 24.3. The van der Waals surface area contributed by atoms with Crippen LogP contribution in [-0.2, 0) is 0 Å². The van der Waals surface area contributed by atoms with Crippen molar-refractivity contribution in [3.8, 4) is 22.3 Å². The van der Waals surface area contributed by atoms with Crippen molar-refractivity contribution in [3.63, 3.8) is 0 Å². The number of rotatable bonds is 3. The van der Waals surface area contributed by atoms with Crippen LogP contribution in [0.1, 0.15) is 10.4 Å². The second kappa shape index (κ2) is 6.33. The maximum atomic E-state index is 12.2. The first-order chi connectivity index (χ1) is 12.6. The average molecular weight is 342 g/mol. The molecule has 0 spiro atoms. The van der Waals surface area contributed by atoms with E-state index >= 15 is 0 Å². The molecule has 26 heavy (non-hydrogen) atoms. The number of benzene rings is 3. The van der Waals surface area contributed by atoms with E-state index in [9.17, 15) is 14.7 Å². The predicted octanol–water partition coefficient (Wildman–Crippen LogP) is 4.83. The lowest BCUT2D eigenvalue weighted by Gasteiger charge is -2.11. The van der Waals surface area contributed by atoms with Crippen LogP contribution < -0.4 is 5.63 Å². The Morgan fingerprint density at radius 3 is 1.88 bits per heavy atom. The third-order valence-electron chi connectivity index (χ3n) is 4.30. The standard InChI is InChI=1S/C22H14O4/c23-21(24)19-13-18-16(14-7-3-1-4-8-14)11-12-17(20(18)26-22(19)25)15-9-5-2-6-10-15/h1-13H,(H,23,24). The molecule has 1 heterocycles. The Morgan fingerprint density at radius 1 is 0.769 bits per heavy atom. The summed E-state index contributed by atoms with van der Waals surface area (Å²) in [6.07, 6.45) is 0. The highest BCUT2D eigenvalue weighted by Crippen LogP contribution is 2.35. The van der Waals surface area contributed by atoms with Gasteiger partial charge in [0.15, 0.2) is 0 Å². The molecule has 126 valence electrons. The van der Waals surface area contributed by atoms with Crippen LogP contribution in [0.5, 0.6) is 0 Å². The van der Waals surface area contributed by atoms with Gasteiger partial charge in [0.2, 0.25) is 0 Å². The van der Waals surface area contributed by atoms with Crippen LogP contribution in [-0.4, -0.2) is 11.1 Å². The van der Waals surface area contributed by atoms with Gasteiger partial charge in [0, 0.05) is 10.9 Å². The molecule has 0 aliphatic heterocycles. The van der Waals surface area contributed by atoms with Crippen molar-refractivity contribution in [1.29, 1.82) is 0 Å². The Bertz CT molecular complexity index is 1160. The molecule has 0 aliphatic carbocycles. The lowest BCUT2D eigenvalue weighted by atomic mass is 9.95. The monoisotopic (exact) mass is 342 g/mol. The first kappa shape index (κ1) is 15.8. The number of hydrogen-bond acceptors (Lipinski definition) is 3. The summed E-state index contributed by atoms with van der Waals surface area (Å²) in [5.74, 6) is -1.30. The maximum Gasteiger partial charge on any atom is 0.351 e. The second-order valence-corrected chi connectivity index (χ2v) is 5.89. The van der Waals surface area contributed by atoms with Gasteiger partial charge < -0.3 is 9.52 Å². The molecule has 0 radical (unpaired) electrons. The minimum atomic E-state index is -1.30. The first-order valence-electron chi connectivity index (χ1n) is 8.10. The van der Waals surface area contributed by atoms with Gasteiger partial charge in [-0.3, -0.25) is 0 Å². The van der Waals surface area contributed by atoms with Crippen molar-refractivity contribution in [2.24, 2.45) is 0 Å². The molecule has 0 aliphatic rings. The Kier molecular flexibility index (Phi) is 3.86. The van der Waals surface area contributed by atoms with Gasteiger partial charge in [-0.25, -0.2) is 9.59 Å². The maximum absolute atomic E-state index is 12.2. The molecule has 0 amide bonds. The highest BCUT2D eigenvalue weighted by Gasteiger charge is 2.17. The van der Waals surface area contributed by atoms with Crippen LogP contribution in [0.25, 0.3) is 33.2 Å². The van der Waals surface area contributed by atoms with Gasteiger partial charge >= 0.3 is 11.6 Å². The first-order valence-corrected chi connectivity index (χ1v) is 8.10. The molecule has 0 atom stereocenters. The fraction of sp³-hybridized carbons (Fsp3) is 0. The van der Waals surface area contributed by atoms with Crippen molar-refractivity contribution in [3.05, 3.63) is 94.8 Å². The summed E-state index contributed by atoms with van der Waals surface area (Å²) in [7, 11) is 0. The summed E-state index contributed by atoms with van der Waals surface area (Å²) in [4.78, 5) is 23.6. The number of fused-ring (bicyclic) bond motifs is 1. The quantitative estimate of drug-likeness (QED) is 0.542. The summed E-state index contributed by atoms with van der Waals surface area (Å²) in [5.41, 5.74) is 2.52. The molecule has 0 unspecified atom stereocenters. The smallest absolute Gasteiger partial charge is 0.351 e. The van der Waals surface area contributed by atoms with E-state index in [0.717, 1.165) is 22.3 Å². The van der Waals surface area contributed by atoms with Crippen molar-refractivity contribution >= 4 is 16.9 Å². The summed E-state index contributed by atoms with van der Waals surface area (Å²) < 4.78 is 5.47. The van der Waals surface area contributed by atoms with E-state index in [1.54, 1.807) is 0 Å². The fourth-order valence-electron chi connectivity index (χ4n) is 3.07. The third-order valence-corrected chi connectivity index (χ3v) is 4.30. The van der Waals surface area contributed by atoms with Gasteiger partial charge in [0.05, 0.1) is 0 Å². The lowest BCUT2D eigenvalue weighted by Crippen LogP contribution is -2.13. The molecular weight excluding hydrogens is 328 g/mol. The van der Waals surface area contributed by atoms with E-state index < -0.39 is 11.6 Å². The van der Waals surface area contributed by atoms with Crippen molar-refractivity contribution < 1.29 is 14.3 Å². The minimum Gasteiger partial charge on any atom is -0.477 e. The Morgan fingerprint density at radius 2 is 1.31 bits per heavy atom. The Balaban J connectivity index is 2.10. The van der Waals surface area contributed by atoms with Gasteiger partial charge in [-0.15, -0.1) is 0 Å². The summed E-state index contributed by atoms with van der Waals surface area (Å²) in [6.45, 7) is 0. The van der Waals surface area contributed by atoms with Crippen molar-refractivity contribution in [2.45, 2.75) is 0 Å². The summed E-state index contributed by atoms with van der Waals surface area (Å²) >= 11 is 0. The lowest BCUT2D eigenvalue weighted by molar-refractivity contribution is 0.0692. The molecule has 0 bridgehead atoms.